The van der Waals surface area contributed by atoms with Crippen molar-refractivity contribution in [1.82, 2.24) is 15.3 Å². The first-order valence-corrected chi connectivity index (χ1v) is 6.22. The van der Waals surface area contributed by atoms with Crippen LogP contribution in [0, 0.1) is 11.8 Å². The van der Waals surface area contributed by atoms with Crippen LogP contribution in [0.3, 0.4) is 0 Å². The molecular weight excluding hydrogens is 254 g/mol. The molecule has 4 heterocycles. The van der Waals surface area contributed by atoms with Crippen LogP contribution in [-0.2, 0) is 19.1 Å². The number of hydrogen-bond donors (Lipinski definition) is 1. The highest BCUT2D eigenvalue weighted by Gasteiger charge is 2.64. The van der Waals surface area contributed by atoms with E-state index in [1.165, 1.54) is 0 Å². The molecule has 8 nitrogen and oxygen atoms in total. The van der Waals surface area contributed by atoms with Crippen LogP contribution in [0.15, 0.2) is 0 Å². The fourth-order valence-corrected chi connectivity index (χ4v) is 3.53. The fraction of sp³-hybridized carbons (Fsp3) is 0.636. The number of hydrogen-bond acceptors (Lipinski definition) is 5. The Hall–Kier alpha value is -1.96. The lowest BCUT2D eigenvalue weighted by Crippen LogP contribution is -2.49. The van der Waals surface area contributed by atoms with E-state index >= 15 is 0 Å². The van der Waals surface area contributed by atoms with E-state index in [0.29, 0.717) is 0 Å². The summed E-state index contributed by atoms with van der Waals surface area (Å²) < 4.78 is 5.58. The third kappa shape index (κ3) is 1.21. The maximum absolute atomic E-state index is 12.3. The van der Waals surface area contributed by atoms with Crippen molar-refractivity contribution in [2.24, 2.45) is 11.8 Å². The second-order valence-corrected chi connectivity index (χ2v) is 5.24. The predicted molar refractivity (Wildman–Crippen MR) is 57.0 cm³/mol. The minimum absolute atomic E-state index is 0.224. The topological polar surface area (TPSA) is 96.0 Å². The molecule has 0 radical (unpaired) electrons. The first kappa shape index (κ1) is 10.9. The zero-order chi connectivity index (χ0) is 13.3. The SMILES string of the molecule is O=C1CN(N2C(=O)[C@@H]3[C@H](C2=O)[C@H]2CC[C@@H]3O2)C(=O)N1. The molecule has 8 heteroatoms. The lowest BCUT2D eigenvalue weighted by molar-refractivity contribution is -0.156. The van der Waals surface area contributed by atoms with E-state index in [0.717, 1.165) is 22.9 Å². The Balaban J connectivity index is 1.68. The summed E-state index contributed by atoms with van der Waals surface area (Å²) >= 11 is 0. The highest BCUT2D eigenvalue weighted by atomic mass is 16.5. The third-order valence-corrected chi connectivity index (χ3v) is 4.28. The van der Waals surface area contributed by atoms with Crippen LogP contribution in [0.25, 0.3) is 0 Å². The Kier molecular flexibility index (Phi) is 1.91. The van der Waals surface area contributed by atoms with E-state index < -0.39 is 35.6 Å². The average molecular weight is 265 g/mol. The monoisotopic (exact) mass is 265 g/mol. The maximum Gasteiger partial charge on any atom is 0.343 e. The summed E-state index contributed by atoms with van der Waals surface area (Å²) in [6.07, 6.45) is 1.09. The van der Waals surface area contributed by atoms with Crippen LogP contribution >= 0.6 is 0 Å². The Morgan fingerprint density at radius 1 is 1.00 bits per heavy atom. The molecule has 4 atom stereocenters. The summed E-state index contributed by atoms with van der Waals surface area (Å²) in [6, 6.07) is -0.722. The molecule has 0 aromatic carbocycles. The zero-order valence-corrected chi connectivity index (χ0v) is 9.87. The standard InChI is InChI=1S/C11H11N3O5/c15-6-3-13(11(18)12-6)14-9(16)7-4-1-2-5(19-4)8(7)10(14)17/h4-5,7-8H,1-3H2,(H,12,15,18)/t4-,5+,7-,8+. The van der Waals surface area contributed by atoms with Crippen LogP contribution in [-0.4, -0.2) is 52.5 Å². The van der Waals surface area contributed by atoms with Gasteiger partial charge in [0.2, 0.25) is 5.91 Å². The van der Waals surface area contributed by atoms with Gasteiger partial charge in [-0.25, -0.2) is 9.80 Å². The Labute approximate surface area is 107 Å². The van der Waals surface area contributed by atoms with Crippen molar-refractivity contribution in [1.29, 1.82) is 0 Å². The molecule has 2 bridgehead atoms. The van der Waals surface area contributed by atoms with E-state index in [9.17, 15) is 19.2 Å². The van der Waals surface area contributed by atoms with Crippen molar-refractivity contribution in [3.05, 3.63) is 0 Å². The highest BCUT2D eigenvalue weighted by molar-refractivity contribution is 6.10. The molecular formula is C11H11N3O5. The van der Waals surface area contributed by atoms with Gasteiger partial charge in [-0.05, 0) is 12.8 Å². The Bertz CT molecular complexity index is 504. The first-order valence-electron chi connectivity index (χ1n) is 6.22. The number of nitrogens with one attached hydrogen (secondary N) is 1. The molecule has 0 aromatic rings. The fourth-order valence-electron chi connectivity index (χ4n) is 3.53. The molecule has 4 aliphatic heterocycles. The van der Waals surface area contributed by atoms with E-state index in [4.69, 9.17) is 4.74 Å². The minimum Gasteiger partial charge on any atom is -0.373 e. The van der Waals surface area contributed by atoms with Crippen molar-refractivity contribution in [3.63, 3.8) is 0 Å². The number of fused-ring (bicyclic) bond motifs is 5. The molecule has 0 aromatic heterocycles. The predicted octanol–water partition coefficient (Wildman–Crippen LogP) is -1.38. The second kappa shape index (κ2) is 3.32. The lowest BCUT2D eigenvalue weighted by atomic mass is 9.81. The van der Waals surface area contributed by atoms with Crippen molar-refractivity contribution in [2.45, 2.75) is 25.0 Å². The highest BCUT2D eigenvalue weighted by Crippen LogP contribution is 2.48. The quantitative estimate of drug-likeness (QED) is 0.465. The number of imide groups is 2. The lowest BCUT2D eigenvalue weighted by Gasteiger charge is -2.25. The summed E-state index contributed by atoms with van der Waals surface area (Å²) in [7, 11) is 0. The van der Waals surface area contributed by atoms with Crippen molar-refractivity contribution in [2.75, 3.05) is 6.54 Å². The van der Waals surface area contributed by atoms with E-state index in [1.807, 2.05) is 0 Å². The van der Waals surface area contributed by atoms with Gasteiger partial charge in [-0.2, -0.15) is 5.01 Å². The van der Waals surface area contributed by atoms with Crippen molar-refractivity contribution < 1.29 is 23.9 Å². The van der Waals surface area contributed by atoms with Gasteiger partial charge in [-0.3, -0.25) is 19.7 Å². The number of urea groups is 1. The van der Waals surface area contributed by atoms with Crippen LogP contribution in [0.2, 0.25) is 0 Å². The third-order valence-electron chi connectivity index (χ3n) is 4.28. The molecule has 4 aliphatic rings. The average Bonchev–Trinajstić information content (AvgIpc) is 3.06. The van der Waals surface area contributed by atoms with Crippen LogP contribution in [0.5, 0.6) is 0 Å². The van der Waals surface area contributed by atoms with Crippen LogP contribution in [0.1, 0.15) is 12.8 Å². The van der Waals surface area contributed by atoms with Crippen molar-refractivity contribution >= 4 is 23.8 Å². The zero-order valence-electron chi connectivity index (χ0n) is 9.87. The molecule has 0 unspecified atom stereocenters. The van der Waals surface area contributed by atoms with Gasteiger partial charge in [0.1, 0.15) is 6.54 Å². The molecule has 100 valence electrons. The molecule has 0 spiro atoms. The molecule has 4 rings (SSSR count). The van der Waals surface area contributed by atoms with Gasteiger partial charge >= 0.3 is 6.03 Å². The molecule has 1 N–H and O–H groups in total. The molecule has 0 saturated carbocycles. The van der Waals surface area contributed by atoms with Gasteiger partial charge in [0.15, 0.2) is 0 Å². The van der Waals surface area contributed by atoms with E-state index in [2.05, 4.69) is 5.32 Å². The smallest absolute Gasteiger partial charge is 0.343 e. The molecule has 0 aliphatic carbocycles. The largest absolute Gasteiger partial charge is 0.373 e. The normalized spacial score (nSPS) is 40.4. The van der Waals surface area contributed by atoms with Crippen LogP contribution < -0.4 is 5.32 Å². The van der Waals surface area contributed by atoms with Gasteiger partial charge in [0, 0.05) is 0 Å². The number of carbonyl (C=O) groups excluding carboxylic acids is 4. The maximum atomic E-state index is 12.3. The molecule has 4 saturated heterocycles. The first-order chi connectivity index (χ1) is 9.08. The van der Waals surface area contributed by atoms with Crippen molar-refractivity contribution in [3.8, 4) is 0 Å². The van der Waals surface area contributed by atoms with E-state index in [-0.39, 0.29) is 18.8 Å². The molecule has 4 fully saturated rings. The molecule has 19 heavy (non-hydrogen) atoms. The van der Waals surface area contributed by atoms with Gasteiger partial charge in [-0.15, -0.1) is 0 Å². The number of hydrazine groups is 1. The van der Waals surface area contributed by atoms with Gasteiger partial charge < -0.3 is 4.74 Å². The second-order valence-electron chi connectivity index (χ2n) is 5.24. The van der Waals surface area contributed by atoms with Gasteiger partial charge in [0.25, 0.3) is 11.8 Å². The number of carbonyl (C=O) groups is 4. The Morgan fingerprint density at radius 2 is 1.58 bits per heavy atom. The molecule has 5 amide bonds. The number of ether oxygens (including phenoxy) is 1. The van der Waals surface area contributed by atoms with Gasteiger partial charge in [0.05, 0.1) is 24.0 Å². The minimum atomic E-state index is -0.722. The Morgan fingerprint density at radius 3 is 2.05 bits per heavy atom. The van der Waals surface area contributed by atoms with E-state index in [1.54, 1.807) is 0 Å². The van der Waals surface area contributed by atoms with Gasteiger partial charge in [-0.1, -0.05) is 0 Å². The summed E-state index contributed by atoms with van der Waals surface area (Å²) in [5.74, 6) is -2.34. The summed E-state index contributed by atoms with van der Waals surface area (Å²) in [4.78, 5) is 47.4. The van der Waals surface area contributed by atoms with Crippen LogP contribution in [0.4, 0.5) is 4.79 Å². The summed E-state index contributed by atoms with van der Waals surface area (Å²) in [5, 5.41) is 3.79. The summed E-state index contributed by atoms with van der Waals surface area (Å²) in [6.45, 7) is -0.286. The summed E-state index contributed by atoms with van der Waals surface area (Å²) in [5.41, 5.74) is 0. The number of amides is 5. The number of rotatable bonds is 1. The number of nitrogens with zero attached hydrogens (tertiary/aromatic N) is 2.